The van der Waals surface area contributed by atoms with E-state index in [9.17, 15) is 4.79 Å². The molecule has 0 aliphatic carbocycles. The molecule has 0 bridgehead atoms. The SMILES string of the molecule is Cc1sc(NC(=O)[C@H](C)Oc2ccc(Cl)cc2Cl)nc1-c1ccccc1. The lowest BCUT2D eigenvalue weighted by Crippen LogP contribution is -2.30. The minimum Gasteiger partial charge on any atom is -0.479 e. The number of thiazole rings is 1. The van der Waals surface area contributed by atoms with Gasteiger partial charge in [-0.1, -0.05) is 53.5 Å². The molecule has 0 fully saturated rings. The Morgan fingerprint density at radius 3 is 2.62 bits per heavy atom. The average Bonchev–Trinajstić information content (AvgIpc) is 2.98. The Bertz CT molecular complexity index is 929. The van der Waals surface area contributed by atoms with Crippen molar-refractivity contribution < 1.29 is 9.53 Å². The van der Waals surface area contributed by atoms with Gasteiger partial charge in [0.2, 0.25) is 0 Å². The number of ether oxygens (including phenoxy) is 1. The van der Waals surface area contributed by atoms with Crippen LogP contribution in [0.3, 0.4) is 0 Å². The molecule has 0 saturated heterocycles. The van der Waals surface area contributed by atoms with Crippen LogP contribution in [-0.4, -0.2) is 17.0 Å². The molecule has 1 aromatic heterocycles. The van der Waals surface area contributed by atoms with E-state index < -0.39 is 6.10 Å². The van der Waals surface area contributed by atoms with E-state index in [-0.39, 0.29) is 5.91 Å². The number of anilines is 1. The Kier molecular flexibility index (Phi) is 5.81. The molecule has 1 heterocycles. The lowest BCUT2D eigenvalue weighted by molar-refractivity contribution is -0.122. The van der Waals surface area contributed by atoms with Crippen molar-refractivity contribution in [3.05, 3.63) is 63.5 Å². The molecule has 1 atom stereocenters. The molecule has 0 saturated carbocycles. The number of nitrogens with zero attached hydrogens (tertiary/aromatic N) is 1. The monoisotopic (exact) mass is 406 g/mol. The van der Waals surface area contributed by atoms with Gasteiger partial charge in [-0.2, -0.15) is 0 Å². The summed E-state index contributed by atoms with van der Waals surface area (Å²) in [6.45, 7) is 3.63. The first-order valence-corrected chi connectivity index (χ1v) is 9.46. The van der Waals surface area contributed by atoms with E-state index in [0.29, 0.717) is 20.9 Å². The fourth-order valence-electron chi connectivity index (χ4n) is 2.34. The zero-order valence-electron chi connectivity index (χ0n) is 14.1. The van der Waals surface area contributed by atoms with Crippen molar-refractivity contribution in [3.63, 3.8) is 0 Å². The van der Waals surface area contributed by atoms with Crippen LogP contribution < -0.4 is 10.1 Å². The number of aryl methyl sites for hydroxylation is 1. The van der Waals surface area contributed by atoms with E-state index in [2.05, 4.69) is 10.3 Å². The Morgan fingerprint density at radius 2 is 1.92 bits per heavy atom. The molecule has 0 spiro atoms. The van der Waals surface area contributed by atoms with E-state index in [1.165, 1.54) is 11.3 Å². The molecule has 4 nitrogen and oxygen atoms in total. The van der Waals surface area contributed by atoms with Crippen molar-refractivity contribution in [3.8, 4) is 17.0 Å². The first-order chi connectivity index (χ1) is 12.4. The fraction of sp³-hybridized carbons (Fsp3) is 0.158. The number of amides is 1. The molecule has 134 valence electrons. The van der Waals surface area contributed by atoms with Gasteiger partial charge in [0.1, 0.15) is 5.75 Å². The van der Waals surface area contributed by atoms with Gasteiger partial charge in [-0.15, -0.1) is 11.3 Å². The standard InChI is InChI=1S/C19H16Cl2N2O2S/c1-11(25-16-9-8-14(20)10-15(16)21)18(24)23-19-22-17(12(2)26-19)13-6-4-3-5-7-13/h3-11H,1-2H3,(H,22,23,24)/t11-/m0/s1. The highest BCUT2D eigenvalue weighted by Gasteiger charge is 2.19. The molecule has 3 rings (SSSR count). The number of benzene rings is 2. The number of carbonyl (C=O) groups excluding carboxylic acids is 1. The van der Waals surface area contributed by atoms with Gasteiger partial charge in [-0.3, -0.25) is 10.1 Å². The lowest BCUT2D eigenvalue weighted by atomic mass is 10.1. The number of hydrogen-bond acceptors (Lipinski definition) is 4. The Hall–Kier alpha value is -2.08. The van der Waals surface area contributed by atoms with Crippen molar-refractivity contribution in [2.75, 3.05) is 5.32 Å². The molecule has 0 unspecified atom stereocenters. The van der Waals surface area contributed by atoms with Crippen LogP contribution in [0.25, 0.3) is 11.3 Å². The van der Waals surface area contributed by atoms with Gasteiger partial charge in [-0.05, 0) is 32.0 Å². The molecule has 2 aromatic carbocycles. The third kappa shape index (κ3) is 4.36. The van der Waals surface area contributed by atoms with Crippen LogP contribution in [0.2, 0.25) is 10.0 Å². The van der Waals surface area contributed by atoms with Gasteiger partial charge in [0.25, 0.3) is 5.91 Å². The minimum atomic E-state index is -0.738. The summed E-state index contributed by atoms with van der Waals surface area (Å²) in [7, 11) is 0. The second-order valence-electron chi connectivity index (χ2n) is 5.61. The summed E-state index contributed by atoms with van der Waals surface area (Å²) in [5.74, 6) is 0.100. The van der Waals surface area contributed by atoms with Gasteiger partial charge in [0.05, 0.1) is 10.7 Å². The lowest BCUT2D eigenvalue weighted by Gasteiger charge is -2.14. The van der Waals surface area contributed by atoms with Crippen molar-refractivity contribution in [2.24, 2.45) is 0 Å². The molecule has 1 N–H and O–H groups in total. The van der Waals surface area contributed by atoms with E-state index in [0.717, 1.165) is 16.1 Å². The molecule has 0 aliphatic rings. The molecule has 26 heavy (non-hydrogen) atoms. The number of carbonyl (C=O) groups is 1. The summed E-state index contributed by atoms with van der Waals surface area (Å²) >= 11 is 13.4. The highest BCUT2D eigenvalue weighted by atomic mass is 35.5. The molecule has 0 aliphatic heterocycles. The largest absolute Gasteiger partial charge is 0.479 e. The normalized spacial score (nSPS) is 11.8. The number of nitrogens with one attached hydrogen (secondary N) is 1. The van der Waals surface area contributed by atoms with Crippen LogP contribution in [0, 0.1) is 6.92 Å². The maximum absolute atomic E-state index is 12.4. The Morgan fingerprint density at radius 1 is 1.19 bits per heavy atom. The summed E-state index contributed by atoms with van der Waals surface area (Å²) < 4.78 is 5.63. The predicted molar refractivity (Wildman–Crippen MR) is 107 cm³/mol. The van der Waals surface area contributed by atoms with E-state index in [1.54, 1.807) is 25.1 Å². The summed E-state index contributed by atoms with van der Waals surface area (Å²) in [6, 6.07) is 14.7. The minimum absolute atomic E-state index is 0.302. The molecular formula is C19H16Cl2N2O2S. The maximum Gasteiger partial charge on any atom is 0.266 e. The first kappa shape index (κ1) is 18.7. The third-order valence-corrected chi connectivity index (χ3v) is 5.06. The Balaban J connectivity index is 1.70. The molecule has 0 radical (unpaired) electrons. The van der Waals surface area contributed by atoms with Gasteiger partial charge in [0.15, 0.2) is 11.2 Å². The van der Waals surface area contributed by atoms with E-state index in [1.807, 2.05) is 37.3 Å². The van der Waals surface area contributed by atoms with Crippen LogP contribution in [0.4, 0.5) is 5.13 Å². The van der Waals surface area contributed by atoms with E-state index in [4.69, 9.17) is 27.9 Å². The first-order valence-electron chi connectivity index (χ1n) is 7.89. The topological polar surface area (TPSA) is 51.2 Å². The van der Waals surface area contributed by atoms with E-state index >= 15 is 0 Å². The second-order valence-corrected chi connectivity index (χ2v) is 7.66. The molecule has 7 heteroatoms. The van der Waals surface area contributed by atoms with Crippen molar-refractivity contribution in [2.45, 2.75) is 20.0 Å². The Labute approximate surface area is 165 Å². The summed E-state index contributed by atoms with van der Waals surface area (Å²) in [4.78, 5) is 18.0. The van der Waals surface area contributed by atoms with Crippen molar-refractivity contribution in [1.82, 2.24) is 4.98 Å². The summed E-state index contributed by atoms with van der Waals surface area (Å²) in [5, 5.41) is 4.19. The highest BCUT2D eigenvalue weighted by molar-refractivity contribution is 7.16. The van der Waals surface area contributed by atoms with Crippen LogP contribution in [0.5, 0.6) is 5.75 Å². The van der Waals surface area contributed by atoms with Gasteiger partial charge >= 0.3 is 0 Å². The number of hydrogen-bond donors (Lipinski definition) is 1. The summed E-state index contributed by atoms with van der Waals surface area (Å²) in [5.41, 5.74) is 1.87. The molecule has 3 aromatic rings. The van der Waals surface area contributed by atoms with Crippen LogP contribution in [0.1, 0.15) is 11.8 Å². The maximum atomic E-state index is 12.4. The van der Waals surface area contributed by atoms with Crippen LogP contribution >= 0.6 is 34.5 Å². The predicted octanol–water partition coefficient (Wildman–Crippen LogP) is 5.83. The zero-order valence-corrected chi connectivity index (χ0v) is 16.5. The average molecular weight is 407 g/mol. The van der Waals surface area contributed by atoms with Crippen molar-refractivity contribution >= 4 is 45.6 Å². The zero-order chi connectivity index (χ0) is 18.7. The van der Waals surface area contributed by atoms with Crippen LogP contribution in [-0.2, 0) is 4.79 Å². The second kappa shape index (κ2) is 8.08. The molecule has 1 amide bonds. The molecular weight excluding hydrogens is 391 g/mol. The number of aromatic nitrogens is 1. The summed E-state index contributed by atoms with van der Waals surface area (Å²) in [6.07, 6.45) is -0.738. The quantitative estimate of drug-likeness (QED) is 0.579. The van der Waals surface area contributed by atoms with Gasteiger partial charge in [-0.25, -0.2) is 4.98 Å². The number of halogens is 2. The third-order valence-electron chi connectivity index (χ3n) is 3.64. The highest BCUT2D eigenvalue weighted by Crippen LogP contribution is 2.31. The van der Waals surface area contributed by atoms with Crippen LogP contribution in [0.15, 0.2) is 48.5 Å². The van der Waals surface area contributed by atoms with Gasteiger partial charge in [0, 0.05) is 15.5 Å². The number of rotatable bonds is 5. The smallest absolute Gasteiger partial charge is 0.266 e. The van der Waals surface area contributed by atoms with Crippen molar-refractivity contribution in [1.29, 1.82) is 0 Å². The van der Waals surface area contributed by atoms with Gasteiger partial charge < -0.3 is 4.74 Å². The fourth-order valence-corrected chi connectivity index (χ4v) is 3.63.